The van der Waals surface area contributed by atoms with Gasteiger partial charge < -0.3 is 10.7 Å². The van der Waals surface area contributed by atoms with Crippen LogP contribution in [0.5, 0.6) is 0 Å². The zero-order valence-electron chi connectivity index (χ0n) is 14.1. The first-order valence-corrected chi connectivity index (χ1v) is 8.76. The van der Waals surface area contributed by atoms with Gasteiger partial charge in [-0.1, -0.05) is 11.6 Å². The van der Waals surface area contributed by atoms with Gasteiger partial charge in [-0.05, 0) is 30.3 Å². The van der Waals surface area contributed by atoms with Gasteiger partial charge in [0.05, 0.1) is 11.3 Å². The van der Waals surface area contributed by atoms with Crippen molar-refractivity contribution in [3.8, 4) is 11.4 Å². The van der Waals surface area contributed by atoms with Crippen molar-refractivity contribution < 1.29 is 0 Å². The number of nitrogens with zero attached hydrogens (tertiary/aromatic N) is 3. The quantitative estimate of drug-likeness (QED) is 0.695. The third kappa shape index (κ3) is 3.34. The number of hydrogen-bond acceptors (Lipinski definition) is 5. The third-order valence-electron chi connectivity index (χ3n) is 4.57. The first-order valence-electron chi connectivity index (χ1n) is 8.39. The molecule has 0 aliphatic carbocycles. The summed E-state index contributed by atoms with van der Waals surface area (Å²) in [7, 11) is 0. The summed E-state index contributed by atoms with van der Waals surface area (Å²) < 4.78 is 0. The van der Waals surface area contributed by atoms with Crippen LogP contribution in [0.15, 0.2) is 47.5 Å². The molecule has 2 aromatic heterocycles. The highest BCUT2D eigenvalue weighted by Gasteiger charge is 2.22. The van der Waals surface area contributed by atoms with E-state index in [-0.39, 0.29) is 5.56 Å². The zero-order chi connectivity index (χ0) is 18.1. The van der Waals surface area contributed by atoms with Crippen LogP contribution in [0.1, 0.15) is 16.8 Å². The maximum absolute atomic E-state index is 12.6. The molecule has 4 rings (SSSR count). The Morgan fingerprint density at radius 3 is 2.81 bits per heavy atom. The topological polar surface area (TPSA) is 87.9 Å². The Morgan fingerprint density at radius 2 is 2.04 bits per heavy atom. The van der Waals surface area contributed by atoms with Crippen LogP contribution in [0, 0.1) is 0 Å². The van der Waals surface area contributed by atoms with Crippen LogP contribution in [0.3, 0.4) is 0 Å². The van der Waals surface area contributed by atoms with Gasteiger partial charge in [0, 0.05) is 60.3 Å². The fourth-order valence-corrected chi connectivity index (χ4v) is 3.33. The molecule has 132 valence electrons. The lowest BCUT2D eigenvalue weighted by molar-refractivity contribution is 0.241. The van der Waals surface area contributed by atoms with Gasteiger partial charge in [-0.15, -0.1) is 0 Å². The molecule has 0 atom stereocenters. The molecule has 0 bridgehead atoms. The average Bonchev–Trinajstić information content (AvgIpc) is 2.64. The maximum atomic E-state index is 12.6. The van der Waals surface area contributed by atoms with Gasteiger partial charge in [-0.25, -0.2) is 4.98 Å². The van der Waals surface area contributed by atoms with Gasteiger partial charge >= 0.3 is 0 Å². The fraction of sp³-hybridized carbons (Fsp3) is 0.211. The van der Waals surface area contributed by atoms with Crippen molar-refractivity contribution in [3.63, 3.8) is 0 Å². The Bertz CT molecular complexity index is 1000. The predicted octanol–water partition coefficient (Wildman–Crippen LogP) is 2.63. The van der Waals surface area contributed by atoms with E-state index in [2.05, 4.69) is 19.9 Å². The molecule has 26 heavy (non-hydrogen) atoms. The monoisotopic (exact) mass is 367 g/mol. The van der Waals surface area contributed by atoms with Crippen molar-refractivity contribution in [3.05, 3.63) is 74.9 Å². The van der Waals surface area contributed by atoms with E-state index in [0.29, 0.717) is 29.6 Å². The molecule has 0 spiro atoms. The van der Waals surface area contributed by atoms with Gasteiger partial charge in [0.1, 0.15) is 5.82 Å². The van der Waals surface area contributed by atoms with Crippen molar-refractivity contribution in [2.75, 3.05) is 12.3 Å². The number of benzene rings is 1. The number of nitrogen functional groups attached to an aromatic ring is 1. The molecule has 1 aliphatic rings. The second kappa shape index (κ2) is 6.90. The molecule has 1 aromatic carbocycles. The van der Waals surface area contributed by atoms with E-state index in [1.54, 1.807) is 30.6 Å². The van der Waals surface area contributed by atoms with Crippen LogP contribution >= 0.6 is 11.6 Å². The van der Waals surface area contributed by atoms with Crippen LogP contribution in [-0.2, 0) is 19.5 Å². The van der Waals surface area contributed by atoms with Crippen LogP contribution in [0.2, 0.25) is 5.02 Å². The Morgan fingerprint density at radius 1 is 1.23 bits per heavy atom. The lowest BCUT2D eigenvalue weighted by Crippen LogP contribution is -2.35. The standard InChI is InChI=1S/C19H18ClN5O/c20-16-5-7-22-9-13(16)10-25-8-6-17-15(11-25)19(26)24-18(23-17)12-1-3-14(21)4-2-12/h1-5,7,9H,6,8,10-11,21H2,(H,23,24,26). The number of pyridine rings is 1. The molecule has 6 nitrogen and oxygen atoms in total. The number of hydrogen-bond donors (Lipinski definition) is 2. The largest absolute Gasteiger partial charge is 0.399 e. The second-order valence-electron chi connectivity index (χ2n) is 6.39. The molecule has 0 fully saturated rings. The van der Waals surface area contributed by atoms with Crippen LogP contribution in [0.4, 0.5) is 5.69 Å². The number of nitrogens with one attached hydrogen (secondary N) is 1. The van der Waals surface area contributed by atoms with Crippen molar-refractivity contribution in [1.29, 1.82) is 0 Å². The predicted molar refractivity (Wildman–Crippen MR) is 102 cm³/mol. The van der Waals surface area contributed by atoms with E-state index in [0.717, 1.165) is 35.3 Å². The van der Waals surface area contributed by atoms with Gasteiger partial charge in [0.2, 0.25) is 0 Å². The normalized spacial score (nSPS) is 14.2. The highest BCUT2D eigenvalue weighted by molar-refractivity contribution is 6.31. The summed E-state index contributed by atoms with van der Waals surface area (Å²) in [5.74, 6) is 0.581. The number of nitrogens with two attached hydrogens (primary N) is 1. The van der Waals surface area contributed by atoms with Gasteiger partial charge in [0.25, 0.3) is 5.56 Å². The molecule has 0 amide bonds. The molecule has 0 radical (unpaired) electrons. The molecular formula is C19H18ClN5O. The van der Waals surface area contributed by atoms with E-state index in [9.17, 15) is 4.79 Å². The van der Waals surface area contributed by atoms with Crippen molar-refractivity contribution in [1.82, 2.24) is 19.9 Å². The Balaban J connectivity index is 1.59. The van der Waals surface area contributed by atoms with Crippen LogP contribution in [-0.4, -0.2) is 26.4 Å². The van der Waals surface area contributed by atoms with E-state index < -0.39 is 0 Å². The first kappa shape index (κ1) is 16.8. The third-order valence-corrected chi connectivity index (χ3v) is 4.94. The number of rotatable bonds is 3. The minimum atomic E-state index is -0.0937. The van der Waals surface area contributed by atoms with Crippen LogP contribution < -0.4 is 11.3 Å². The highest BCUT2D eigenvalue weighted by Crippen LogP contribution is 2.22. The number of halogens is 1. The van der Waals surface area contributed by atoms with Gasteiger partial charge in [0.15, 0.2) is 0 Å². The summed E-state index contributed by atoms with van der Waals surface area (Å²) in [6, 6.07) is 9.10. The molecule has 3 heterocycles. The second-order valence-corrected chi connectivity index (χ2v) is 6.80. The molecule has 3 aromatic rings. The number of aromatic nitrogens is 3. The summed E-state index contributed by atoms with van der Waals surface area (Å²) >= 11 is 6.22. The zero-order valence-corrected chi connectivity index (χ0v) is 14.8. The van der Waals surface area contributed by atoms with Crippen molar-refractivity contribution >= 4 is 17.3 Å². The average molecular weight is 368 g/mol. The molecule has 1 aliphatic heterocycles. The van der Waals surface area contributed by atoms with Crippen LogP contribution in [0.25, 0.3) is 11.4 Å². The fourth-order valence-electron chi connectivity index (χ4n) is 3.16. The van der Waals surface area contributed by atoms with Gasteiger partial charge in [-0.2, -0.15) is 0 Å². The molecule has 0 unspecified atom stereocenters. The first-order chi connectivity index (χ1) is 12.6. The minimum Gasteiger partial charge on any atom is -0.399 e. The maximum Gasteiger partial charge on any atom is 0.255 e. The minimum absolute atomic E-state index is 0.0937. The molecule has 3 N–H and O–H groups in total. The lowest BCUT2D eigenvalue weighted by atomic mass is 10.1. The highest BCUT2D eigenvalue weighted by atomic mass is 35.5. The molecular weight excluding hydrogens is 350 g/mol. The van der Waals surface area contributed by atoms with Crippen molar-refractivity contribution in [2.45, 2.75) is 19.5 Å². The lowest BCUT2D eigenvalue weighted by Gasteiger charge is -2.27. The Kier molecular flexibility index (Phi) is 4.44. The van der Waals surface area contributed by atoms with E-state index >= 15 is 0 Å². The Hall–Kier alpha value is -2.70. The SMILES string of the molecule is Nc1ccc(-c2nc3c(c(=O)[nH]2)CN(Cc2cnccc2Cl)CC3)cc1. The summed E-state index contributed by atoms with van der Waals surface area (Å²) in [5.41, 5.74) is 9.69. The number of fused-ring (bicyclic) bond motifs is 1. The Labute approximate surface area is 155 Å². The summed E-state index contributed by atoms with van der Waals surface area (Å²) in [4.78, 5) is 26.5. The molecule has 0 saturated heterocycles. The number of H-pyrrole nitrogens is 1. The number of anilines is 1. The van der Waals surface area contributed by atoms with E-state index in [4.69, 9.17) is 17.3 Å². The summed E-state index contributed by atoms with van der Waals surface area (Å²) in [6.45, 7) is 2.02. The smallest absolute Gasteiger partial charge is 0.255 e. The van der Waals surface area contributed by atoms with E-state index in [1.165, 1.54) is 0 Å². The molecule has 0 saturated carbocycles. The summed E-state index contributed by atoms with van der Waals surface area (Å²) in [5, 5.41) is 0.691. The summed E-state index contributed by atoms with van der Waals surface area (Å²) in [6.07, 6.45) is 4.16. The van der Waals surface area contributed by atoms with E-state index in [1.807, 2.05) is 12.1 Å². The van der Waals surface area contributed by atoms with Crippen molar-refractivity contribution in [2.24, 2.45) is 0 Å². The molecule has 7 heteroatoms. The van der Waals surface area contributed by atoms with Gasteiger partial charge in [-0.3, -0.25) is 14.7 Å². The number of aromatic amines is 1.